The van der Waals surface area contributed by atoms with Crippen molar-refractivity contribution in [2.24, 2.45) is 10.2 Å². The van der Waals surface area contributed by atoms with E-state index in [4.69, 9.17) is 0 Å². The zero-order valence-corrected chi connectivity index (χ0v) is 5.99. The van der Waals surface area contributed by atoms with Crippen LogP contribution < -0.4 is 0 Å². The Labute approximate surface area is 64.4 Å². The van der Waals surface area contributed by atoms with Crippen LogP contribution in [0.25, 0.3) is 0 Å². The highest BCUT2D eigenvalue weighted by Crippen LogP contribution is 2.25. The normalized spacial score (nSPS) is 14.5. The van der Waals surface area contributed by atoms with Crippen LogP contribution in [-0.4, -0.2) is 5.11 Å². The fourth-order valence-corrected chi connectivity index (χ4v) is 1.20. The maximum atomic E-state index is 9.35. The number of fused-ring (bicyclic) bond motifs is 1. The topological polar surface area (TPSA) is 45.0 Å². The van der Waals surface area contributed by atoms with Crippen LogP contribution in [0.15, 0.2) is 28.4 Å². The van der Waals surface area contributed by atoms with E-state index < -0.39 is 0 Å². The largest absolute Gasteiger partial charge is 0.508 e. The lowest BCUT2D eigenvalue weighted by Crippen LogP contribution is -1.96. The second kappa shape index (κ2) is 2.34. The molecule has 3 nitrogen and oxygen atoms in total. The molecule has 0 amide bonds. The number of hydrogen-bond donors (Lipinski definition) is 1. The second-order valence-electron chi connectivity index (χ2n) is 2.51. The highest BCUT2D eigenvalue weighted by molar-refractivity contribution is 5.39. The summed E-state index contributed by atoms with van der Waals surface area (Å²) in [5, 5.41) is 17.1. The molecule has 0 atom stereocenters. The van der Waals surface area contributed by atoms with E-state index in [1.54, 1.807) is 6.07 Å². The van der Waals surface area contributed by atoms with Crippen LogP contribution in [0.1, 0.15) is 11.1 Å². The van der Waals surface area contributed by atoms with Gasteiger partial charge in [-0.2, -0.15) is 10.2 Å². The van der Waals surface area contributed by atoms with Crippen LogP contribution in [0.4, 0.5) is 0 Å². The first kappa shape index (κ1) is 6.34. The van der Waals surface area contributed by atoms with Gasteiger partial charge in [0.05, 0.1) is 13.1 Å². The molecule has 0 fully saturated rings. The van der Waals surface area contributed by atoms with Crippen LogP contribution in [-0.2, 0) is 13.1 Å². The van der Waals surface area contributed by atoms with E-state index in [2.05, 4.69) is 10.2 Å². The summed E-state index contributed by atoms with van der Waals surface area (Å²) in [6.45, 7) is 1.12. The van der Waals surface area contributed by atoms with Crippen molar-refractivity contribution in [1.82, 2.24) is 0 Å². The van der Waals surface area contributed by atoms with Crippen molar-refractivity contribution in [2.45, 2.75) is 13.1 Å². The summed E-state index contributed by atoms with van der Waals surface area (Å²) in [6, 6.07) is 5.47. The lowest BCUT2D eigenvalue weighted by Gasteiger charge is -2.09. The standard InChI is InChI=1S/C8H8N2O/c11-8-3-1-2-6-4-9-10-5-7(6)8/h1-3,11H,4-5H2. The van der Waals surface area contributed by atoms with Crippen molar-refractivity contribution in [3.8, 4) is 5.75 Å². The summed E-state index contributed by atoms with van der Waals surface area (Å²) in [6.07, 6.45) is 0. The number of phenols is 1. The molecule has 0 unspecified atom stereocenters. The third-order valence-electron chi connectivity index (χ3n) is 1.82. The average Bonchev–Trinajstić information content (AvgIpc) is 2.06. The Morgan fingerprint density at radius 2 is 2.00 bits per heavy atom. The summed E-state index contributed by atoms with van der Waals surface area (Å²) in [5.41, 5.74) is 2.00. The fourth-order valence-electron chi connectivity index (χ4n) is 1.20. The number of benzene rings is 1. The third-order valence-corrected chi connectivity index (χ3v) is 1.82. The minimum absolute atomic E-state index is 0.334. The molecule has 1 aliphatic rings. The van der Waals surface area contributed by atoms with E-state index in [0.717, 1.165) is 11.1 Å². The minimum Gasteiger partial charge on any atom is -0.508 e. The Bertz CT molecular complexity index is 307. The molecule has 0 saturated heterocycles. The van der Waals surface area contributed by atoms with Crippen LogP contribution in [0, 0.1) is 0 Å². The molecule has 1 N–H and O–H groups in total. The van der Waals surface area contributed by atoms with E-state index in [0.29, 0.717) is 18.8 Å². The molecule has 56 valence electrons. The molecule has 1 aromatic rings. The van der Waals surface area contributed by atoms with E-state index in [1.807, 2.05) is 12.1 Å². The monoisotopic (exact) mass is 148 g/mol. The molecule has 0 radical (unpaired) electrons. The van der Waals surface area contributed by atoms with Crippen molar-refractivity contribution >= 4 is 0 Å². The number of nitrogens with zero attached hydrogens (tertiary/aromatic N) is 2. The summed E-state index contributed by atoms with van der Waals surface area (Å²) >= 11 is 0. The van der Waals surface area contributed by atoms with Gasteiger partial charge in [0.15, 0.2) is 0 Å². The Morgan fingerprint density at radius 3 is 2.82 bits per heavy atom. The minimum atomic E-state index is 0.334. The molecule has 3 heteroatoms. The summed E-state index contributed by atoms with van der Waals surface area (Å²) < 4.78 is 0. The van der Waals surface area contributed by atoms with Gasteiger partial charge in [-0.3, -0.25) is 0 Å². The van der Waals surface area contributed by atoms with Crippen molar-refractivity contribution in [3.05, 3.63) is 29.3 Å². The van der Waals surface area contributed by atoms with E-state index in [9.17, 15) is 5.11 Å². The van der Waals surface area contributed by atoms with Gasteiger partial charge < -0.3 is 5.11 Å². The van der Waals surface area contributed by atoms with Gasteiger partial charge in [-0.1, -0.05) is 12.1 Å². The number of rotatable bonds is 0. The molecule has 0 spiro atoms. The molecule has 11 heavy (non-hydrogen) atoms. The smallest absolute Gasteiger partial charge is 0.121 e. The highest BCUT2D eigenvalue weighted by atomic mass is 16.3. The van der Waals surface area contributed by atoms with Crippen molar-refractivity contribution in [2.75, 3.05) is 0 Å². The fraction of sp³-hybridized carbons (Fsp3) is 0.250. The average molecular weight is 148 g/mol. The molecular formula is C8H8N2O. The number of hydrogen-bond acceptors (Lipinski definition) is 3. The number of aromatic hydroxyl groups is 1. The van der Waals surface area contributed by atoms with Gasteiger partial charge in [0, 0.05) is 5.56 Å². The van der Waals surface area contributed by atoms with Crippen LogP contribution in [0.3, 0.4) is 0 Å². The molecular weight excluding hydrogens is 140 g/mol. The number of azo groups is 1. The Kier molecular flexibility index (Phi) is 1.35. The van der Waals surface area contributed by atoms with Crippen molar-refractivity contribution in [1.29, 1.82) is 0 Å². The first-order valence-electron chi connectivity index (χ1n) is 3.51. The van der Waals surface area contributed by atoms with Crippen LogP contribution in [0.2, 0.25) is 0 Å². The van der Waals surface area contributed by atoms with Gasteiger partial charge in [0.1, 0.15) is 5.75 Å². The first-order chi connectivity index (χ1) is 5.38. The molecule has 2 rings (SSSR count). The molecule has 0 aromatic heterocycles. The lowest BCUT2D eigenvalue weighted by molar-refractivity contribution is 0.465. The quantitative estimate of drug-likeness (QED) is 0.599. The van der Waals surface area contributed by atoms with Gasteiger partial charge in [0.2, 0.25) is 0 Å². The van der Waals surface area contributed by atoms with E-state index >= 15 is 0 Å². The summed E-state index contributed by atoms with van der Waals surface area (Å²) in [5.74, 6) is 0.334. The predicted molar refractivity (Wildman–Crippen MR) is 40.4 cm³/mol. The van der Waals surface area contributed by atoms with E-state index in [-0.39, 0.29) is 0 Å². The molecule has 1 aliphatic heterocycles. The Morgan fingerprint density at radius 1 is 1.18 bits per heavy atom. The third kappa shape index (κ3) is 0.981. The molecule has 0 aliphatic carbocycles. The predicted octanol–water partition coefficient (Wildman–Crippen LogP) is 1.86. The van der Waals surface area contributed by atoms with Gasteiger partial charge in [-0.15, -0.1) is 0 Å². The summed E-state index contributed by atoms with van der Waals surface area (Å²) in [7, 11) is 0. The van der Waals surface area contributed by atoms with Gasteiger partial charge >= 0.3 is 0 Å². The maximum absolute atomic E-state index is 9.35. The zero-order valence-electron chi connectivity index (χ0n) is 5.99. The van der Waals surface area contributed by atoms with Gasteiger partial charge in [0.25, 0.3) is 0 Å². The zero-order chi connectivity index (χ0) is 7.68. The Balaban J connectivity index is 2.54. The molecule has 1 heterocycles. The SMILES string of the molecule is Oc1cccc2c1CN=NC2. The summed E-state index contributed by atoms with van der Waals surface area (Å²) in [4.78, 5) is 0. The van der Waals surface area contributed by atoms with Gasteiger partial charge in [-0.05, 0) is 11.6 Å². The molecule has 0 saturated carbocycles. The number of phenolic OH excluding ortho intramolecular Hbond substituents is 1. The maximum Gasteiger partial charge on any atom is 0.121 e. The van der Waals surface area contributed by atoms with Crippen molar-refractivity contribution < 1.29 is 5.11 Å². The van der Waals surface area contributed by atoms with E-state index in [1.165, 1.54) is 0 Å². The van der Waals surface area contributed by atoms with Crippen molar-refractivity contribution in [3.63, 3.8) is 0 Å². The van der Waals surface area contributed by atoms with Crippen LogP contribution in [0.5, 0.6) is 5.75 Å². The van der Waals surface area contributed by atoms with Gasteiger partial charge in [-0.25, -0.2) is 0 Å². The molecule has 0 bridgehead atoms. The first-order valence-corrected chi connectivity index (χ1v) is 3.51. The lowest BCUT2D eigenvalue weighted by atomic mass is 10.1. The Hall–Kier alpha value is -1.38. The van der Waals surface area contributed by atoms with Crippen LogP contribution >= 0.6 is 0 Å². The second-order valence-corrected chi connectivity index (χ2v) is 2.51. The molecule has 1 aromatic carbocycles. The highest BCUT2D eigenvalue weighted by Gasteiger charge is 2.09.